The largest absolute Gasteiger partial charge is 0.307 e. The highest BCUT2D eigenvalue weighted by molar-refractivity contribution is 7.98. The number of nitrogens with two attached hydrogens (primary N) is 1. The predicted octanol–water partition coefficient (Wildman–Crippen LogP) is 2.01. The smallest absolute Gasteiger partial charge is 0.254 e. The number of rotatable bonds is 4. The maximum absolute atomic E-state index is 5.63. The van der Waals surface area contributed by atoms with E-state index in [4.69, 9.17) is 5.84 Å². The van der Waals surface area contributed by atoms with Gasteiger partial charge in [0.2, 0.25) is 0 Å². The van der Waals surface area contributed by atoms with Crippen LogP contribution in [-0.2, 0) is 5.75 Å². The molecule has 0 atom stereocenters. The molecule has 20 heavy (non-hydrogen) atoms. The van der Waals surface area contributed by atoms with Crippen LogP contribution >= 0.6 is 11.8 Å². The first-order valence-corrected chi connectivity index (χ1v) is 7.12. The SMILES string of the molecule is Cc1nc2ncnn2c(NN)c1SCc1ccccc1. The molecule has 0 aliphatic heterocycles. The van der Waals surface area contributed by atoms with E-state index in [9.17, 15) is 0 Å². The zero-order valence-electron chi connectivity index (χ0n) is 10.9. The van der Waals surface area contributed by atoms with E-state index >= 15 is 0 Å². The summed E-state index contributed by atoms with van der Waals surface area (Å²) in [7, 11) is 0. The maximum atomic E-state index is 5.63. The van der Waals surface area contributed by atoms with Gasteiger partial charge in [-0.05, 0) is 12.5 Å². The van der Waals surface area contributed by atoms with Crippen LogP contribution < -0.4 is 11.3 Å². The molecule has 2 heterocycles. The van der Waals surface area contributed by atoms with Crippen molar-refractivity contribution in [2.24, 2.45) is 5.84 Å². The molecule has 0 bridgehead atoms. The Hall–Kier alpha value is -2.12. The average Bonchev–Trinajstić information content (AvgIpc) is 2.93. The molecule has 2 aromatic heterocycles. The molecule has 0 aliphatic carbocycles. The van der Waals surface area contributed by atoms with Crippen molar-refractivity contribution >= 4 is 23.4 Å². The first-order chi connectivity index (χ1) is 9.79. The Kier molecular flexibility index (Phi) is 3.53. The minimum Gasteiger partial charge on any atom is -0.307 e. The number of fused-ring (bicyclic) bond motifs is 1. The highest BCUT2D eigenvalue weighted by Crippen LogP contribution is 2.31. The Bertz CT molecular complexity index is 724. The van der Waals surface area contributed by atoms with E-state index < -0.39 is 0 Å². The molecule has 7 heteroatoms. The number of benzene rings is 1. The highest BCUT2D eigenvalue weighted by Gasteiger charge is 2.14. The summed E-state index contributed by atoms with van der Waals surface area (Å²) in [5.74, 6) is 7.73. The molecule has 0 aliphatic rings. The van der Waals surface area contributed by atoms with E-state index in [0.29, 0.717) is 11.6 Å². The van der Waals surface area contributed by atoms with Crippen molar-refractivity contribution in [3.63, 3.8) is 0 Å². The number of hydrogen-bond acceptors (Lipinski definition) is 6. The van der Waals surface area contributed by atoms with Crippen LogP contribution in [0, 0.1) is 6.92 Å². The molecule has 0 saturated heterocycles. The van der Waals surface area contributed by atoms with Crippen LogP contribution in [0.15, 0.2) is 41.6 Å². The van der Waals surface area contributed by atoms with Gasteiger partial charge in [0.05, 0.1) is 10.6 Å². The van der Waals surface area contributed by atoms with E-state index in [1.54, 1.807) is 16.3 Å². The Morgan fingerprint density at radius 2 is 2.10 bits per heavy atom. The number of nitrogens with one attached hydrogen (secondary N) is 1. The van der Waals surface area contributed by atoms with Crippen LogP contribution in [-0.4, -0.2) is 19.6 Å². The number of nitrogens with zero attached hydrogens (tertiary/aromatic N) is 4. The van der Waals surface area contributed by atoms with Crippen LogP contribution in [0.5, 0.6) is 0 Å². The van der Waals surface area contributed by atoms with Gasteiger partial charge in [-0.2, -0.15) is 14.6 Å². The van der Waals surface area contributed by atoms with Gasteiger partial charge in [0, 0.05) is 5.75 Å². The topological polar surface area (TPSA) is 81.1 Å². The molecule has 1 aromatic carbocycles. The molecule has 0 spiro atoms. The van der Waals surface area contributed by atoms with Crippen LogP contribution in [0.1, 0.15) is 11.3 Å². The van der Waals surface area contributed by atoms with Gasteiger partial charge in [0.1, 0.15) is 6.33 Å². The maximum Gasteiger partial charge on any atom is 0.254 e. The third-order valence-corrected chi connectivity index (χ3v) is 4.17. The lowest BCUT2D eigenvalue weighted by atomic mass is 10.2. The van der Waals surface area contributed by atoms with Gasteiger partial charge < -0.3 is 5.43 Å². The van der Waals surface area contributed by atoms with Gasteiger partial charge >= 0.3 is 0 Å². The number of hydrogen-bond donors (Lipinski definition) is 2. The number of aryl methyl sites for hydroxylation is 1. The first-order valence-electron chi connectivity index (χ1n) is 6.13. The Balaban J connectivity index is 1.96. The van der Waals surface area contributed by atoms with Gasteiger partial charge in [0.15, 0.2) is 5.82 Å². The molecule has 102 valence electrons. The second-order valence-corrected chi connectivity index (χ2v) is 5.25. The molecular formula is C13H14N6S. The summed E-state index contributed by atoms with van der Waals surface area (Å²) in [6.45, 7) is 1.95. The third kappa shape index (κ3) is 2.33. The molecule has 0 amide bonds. The molecule has 3 N–H and O–H groups in total. The summed E-state index contributed by atoms with van der Waals surface area (Å²) in [5.41, 5.74) is 4.84. The van der Waals surface area contributed by atoms with Crippen molar-refractivity contribution in [3.05, 3.63) is 47.9 Å². The molecule has 3 rings (SSSR count). The van der Waals surface area contributed by atoms with Gasteiger partial charge in [-0.15, -0.1) is 11.8 Å². The van der Waals surface area contributed by atoms with Gasteiger partial charge in [-0.1, -0.05) is 30.3 Å². The lowest BCUT2D eigenvalue weighted by molar-refractivity contribution is 0.894. The summed E-state index contributed by atoms with van der Waals surface area (Å²) >= 11 is 1.68. The van der Waals surface area contributed by atoms with Crippen molar-refractivity contribution in [2.45, 2.75) is 17.6 Å². The fraction of sp³-hybridized carbons (Fsp3) is 0.154. The van der Waals surface area contributed by atoms with Crippen LogP contribution in [0.4, 0.5) is 5.82 Å². The lowest BCUT2D eigenvalue weighted by Gasteiger charge is -2.12. The zero-order valence-corrected chi connectivity index (χ0v) is 11.8. The monoisotopic (exact) mass is 286 g/mol. The molecule has 3 aromatic rings. The number of nitrogen functional groups attached to an aromatic ring is 1. The molecule has 0 unspecified atom stereocenters. The summed E-state index contributed by atoms with van der Waals surface area (Å²) in [4.78, 5) is 9.49. The van der Waals surface area contributed by atoms with Gasteiger partial charge in [0.25, 0.3) is 5.78 Å². The highest BCUT2D eigenvalue weighted by atomic mass is 32.2. The molecule has 0 radical (unpaired) electrons. The molecule has 6 nitrogen and oxygen atoms in total. The Morgan fingerprint density at radius 1 is 1.30 bits per heavy atom. The van der Waals surface area contributed by atoms with E-state index in [-0.39, 0.29) is 0 Å². The normalized spacial score (nSPS) is 10.9. The quantitative estimate of drug-likeness (QED) is 0.434. The van der Waals surface area contributed by atoms with Crippen molar-refractivity contribution in [1.82, 2.24) is 19.6 Å². The van der Waals surface area contributed by atoms with Crippen molar-refractivity contribution in [2.75, 3.05) is 5.43 Å². The third-order valence-electron chi connectivity index (χ3n) is 2.92. The van der Waals surface area contributed by atoms with E-state index in [1.807, 2.05) is 25.1 Å². The minimum absolute atomic E-state index is 0.541. The first kappa shape index (κ1) is 12.9. The summed E-state index contributed by atoms with van der Waals surface area (Å²) in [6, 6.07) is 10.3. The predicted molar refractivity (Wildman–Crippen MR) is 79.3 cm³/mol. The van der Waals surface area contributed by atoms with Crippen molar-refractivity contribution in [1.29, 1.82) is 0 Å². The standard InChI is InChI=1S/C13H14N6S/c1-9-11(20-7-10-5-3-2-4-6-10)12(18-14)19-13(17-9)15-8-16-19/h2-6,8,18H,7,14H2,1H3. The van der Waals surface area contributed by atoms with Crippen LogP contribution in [0.3, 0.4) is 0 Å². The summed E-state index contributed by atoms with van der Waals surface area (Å²) in [5, 5.41) is 4.13. The summed E-state index contributed by atoms with van der Waals surface area (Å²) < 4.78 is 1.61. The minimum atomic E-state index is 0.541. The lowest BCUT2D eigenvalue weighted by Crippen LogP contribution is -2.14. The molecule has 0 fully saturated rings. The second-order valence-electron chi connectivity index (χ2n) is 4.27. The van der Waals surface area contributed by atoms with Gasteiger partial charge in [-0.25, -0.2) is 10.8 Å². The number of hydrazine groups is 1. The molecular weight excluding hydrogens is 272 g/mol. The fourth-order valence-corrected chi connectivity index (χ4v) is 3.01. The van der Waals surface area contributed by atoms with Crippen molar-refractivity contribution < 1.29 is 0 Å². The van der Waals surface area contributed by atoms with Crippen LogP contribution in [0.25, 0.3) is 5.78 Å². The average molecular weight is 286 g/mol. The Labute approximate surface area is 120 Å². The van der Waals surface area contributed by atoms with E-state index in [0.717, 1.165) is 16.3 Å². The van der Waals surface area contributed by atoms with Crippen molar-refractivity contribution in [3.8, 4) is 0 Å². The zero-order chi connectivity index (χ0) is 13.9. The van der Waals surface area contributed by atoms with Crippen LogP contribution in [0.2, 0.25) is 0 Å². The second kappa shape index (κ2) is 5.48. The number of anilines is 1. The summed E-state index contributed by atoms with van der Waals surface area (Å²) in [6.07, 6.45) is 1.47. The van der Waals surface area contributed by atoms with E-state index in [2.05, 4.69) is 32.6 Å². The Morgan fingerprint density at radius 3 is 2.85 bits per heavy atom. The fourth-order valence-electron chi connectivity index (χ4n) is 1.97. The number of thioether (sulfide) groups is 1. The molecule has 0 saturated carbocycles. The van der Waals surface area contributed by atoms with Gasteiger partial charge in [-0.3, -0.25) is 0 Å². The number of aromatic nitrogens is 4. The van der Waals surface area contributed by atoms with E-state index in [1.165, 1.54) is 11.9 Å².